The maximum absolute atomic E-state index is 12.4. The summed E-state index contributed by atoms with van der Waals surface area (Å²) in [7, 11) is 4.57. The molecule has 0 fully saturated rings. The summed E-state index contributed by atoms with van der Waals surface area (Å²) in [5, 5.41) is 11.7. The molecule has 1 amide bonds. The van der Waals surface area contributed by atoms with Crippen LogP contribution in [0.25, 0.3) is 11.3 Å². The summed E-state index contributed by atoms with van der Waals surface area (Å²) in [6.07, 6.45) is 1.44. The van der Waals surface area contributed by atoms with Crippen molar-refractivity contribution in [3.63, 3.8) is 0 Å². The fraction of sp³-hybridized carbons (Fsp3) is 0.150. The second-order valence-corrected chi connectivity index (χ2v) is 6.78. The largest absolute Gasteiger partial charge is 0.496 e. The van der Waals surface area contributed by atoms with Gasteiger partial charge in [-0.2, -0.15) is 10.2 Å². The molecule has 0 unspecified atom stereocenters. The summed E-state index contributed by atoms with van der Waals surface area (Å²) in [6.45, 7) is 0. The smallest absolute Gasteiger partial charge is 0.289 e. The van der Waals surface area contributed by atoms with Gasteiger partial charge in [0, 0.05) is 22.2 Å². The number of aromatic nitrogens is 2. The highest BCUT2D eigenvalue weighted by atomic mass is 35.5. The Morgan fingerprint density at radius 2 is 1.73 bits per heavy atom. The molecule has 3 aromatic rings. The quantitative estimate of drug-likeness (QED) is 0.417. The molecule has 1 aromatic heterocycles. The van der Waals surface area contributed by atoms with Crippen LogP contribution in [0.15, 0.2) is 41.5 Å². The van der Waals surface area contributed by atoms with Gasteiger partial charge in [0.2, 0.25) is 0 Å². The van der Waals surface area contributed by atoms with Gasteiger partial charge in [0.25, 0.3) is 5.91 Å². The van der Waals surface area contributed by atoms with Crippen molar-refractivity contribution in [1.29, 1.82) is 0 Å². The molecule has 0 spiro atoms. The Balaban J connectivity index is 1.75. The molecule has 3 rings (SSSR count). The third-order valence-corrected chi connectivity index (χ3v) is 4.68. The molecule has 0 aliphatic rings. The summed E-state index contributed by atoms with van der Waals surface area (Å²) in [5.41, 5.74) is 4.39. The van der Waals surface area contributed by atoms with Crippen molar-refractivity contribution in [3.05, 3.63) is 57.7 Å². The van der Waals surface area contributed by atoms with E-state index >= 15 is 0 Å². The number of ether oxygens (including phenoxy) is 3. The highest BCUT2D eigenvalue weighted by Crippen LogP contribution is 2.33. The number of rotatable bonds is 7. The number of carbonyl (C=O) groups is 1. The molecular weight excluding hydrogens is 431 g/mol. The number of nitrogens with one attached hydrogen (secondary N) is 2. The molecule has 0 aliphatic heterocycles. The van der Waals surface area contributed by atoms with Crippen LogP contribution in [-0.4, -0.2) is 43.6 Å². The molecule has 156 valence electrons. The zero-order valence-corrected chi connectivity index (χ0v) is 17.8. The zero-order valence-electron chi connectivity index (χ0n) is 16.3. The minimum absolute atomic E-state index is 0.215. The predicted octanol–water partition coefficient (Wildman–Crippen LogP) is 4.17. The van der Waals surface area contributed by atoms with E-state index in [1.165, 1.54) is 27.5 Å². The number of hydrazone groups is 1. The summed E-state index contributed by atoms with van der Waals surface area (Å²) in [4.78, 5) is 12.4. The lowest BCUT2D eigenvalue weighted by Gasteiger charge is -2.11. The molecule has 0 saturated heterocycles. The molecule has 0 aliphatic carbocycles. The first-order valence-electron chi connectivity index (χ1n) is 8.61. The van der Waals surface area contributed by atoms with E-state index in [1.807, 2.05) is 0 Å². The lowest BCUT2D eigenvalue weighted by atomic mass is 10.1. The van der Waals surface area contributed by atoms with Gasteiger partial charge in [0.1, 0.15) is 11.4 Å². The molecular formula is C20H18Cl2N4O4. The average molecular weight is 449 g/mol. The number of carbonyl (C=O) groups excluding carboxylic acids is 1. The van der Waals surface area contributed by atoms with E-state index in [0.717, 1.165) is 0 Å². The maximum atomic E-state index is 12.4. The number of methoxy groups -OCH3 is 3. The minimum Gasteiger partial charge on any atom is -0.496 e. The SMILES string of the molecule is COc1cc(OC)c(OC)cc1/C=N\NC(=O)c1cc(-c2ccc(Cl)cc2Cl)n[nH]1. The number of aromatic amines is 1. The fourth-order valence-electron chi connectivity index (χ4n) is 2.65. The first kappa shape index (κ1) is 21.5. The van der Waals surface area contributed by atoms with Crippen molar-refractivity contribution in [2.75, 3.05) is 21.3 Å². The van der Waals surface area contributed by atoms with Crippen LogP contribution in [0, 0.1) is 0 Å². The van der Waals surface area contributed by atoms with Crippen LogP contribution in [-0.2, 0) is 0 Å². The molecule has 30 heavy (non-hydrogen) atoms. The monoisotopic (exact) mass is 448 g/mol. The lowest BCUT2D eigenvalue weighted by molar-refractivity contribution is 0.0950. The van der Waals surface area contributed by atoms with Gasteiger partial charge in [-0.3, -0.25) is 9.89 Å². The Kier molecular flexibility index (Phi) is 6.81. The number of halogens is 2. The van der Waals surface area contributed by atoms with Crippen LogP contribution in [0.5, 0.6) is 17.2 Å². The second kappa shape index (κ2) is 9.51. The average Bonchev–Trinajstić information content (AvgIpc) is 3.23. The van der Waals surface area contributed by atoms with Crippen molar-refractivity contribution >= 4 is 35.3 Å². The van der Waals surface area contributed by atoms with Gasteiger partial charge in [0.05, 0.1) is 38.3 Å². The van der Waals surface area contributed by atoms with Crippen LogP contribution in [0.4, 0.5) is 0 Å². The van der Waals surface area contributed by atoms with E-state index in [2.05, 4.69) is 20.7 Å². The first-order valence-corrected chi connectivity index (χ1v) is 9.36. The van der Waals surface area contributed by atoms with Crippen molar-refractivity contribution in [2.45, 2.75) is 0 Å². The highest BCUT2D eigenvalue weighted by molar-refractivity contribution is 6.36. The summed E-state index contributed by atoms with van der Waals surface area (Å²) >= 11 is 12.1. The Labute approximate surface area is 182 Å². The van der Waals surface area contributed by atoms with Crippen LogP contribution < -0.4 is 19.6 Å². The lowest BCUT2D eigenvalue weighted by Crippen LogP contribution is -2.18. The molecule has 0 bridgehead atoms. The number of benzene rings is 2. The topological polar surface area (TPSA) is 97.8 Å². The molecule has 10 heteroatoms. The van der Waals surface area contributed by atoms with E-state index in [9.17, 15) is 4.79 Å². The van der Waals surface area contributed by atoms with E-state index in [1.54, 1.807) is 36.4 Å². The number of hydrogen-bond donors (Lipinski definition) is 2. The number of H-pyrrole nitrogens is 1. The van der Waals surface area contributed by atoms with Gasteiger partial charge in [-0.1, -0.05) is 23.2 Å². The molecule has 2 aromatic carbocycles. The van der Waals surface area contributed by atoms with E-state index < -0.39 is 5.91 Å². The first-order chi connectivity index (χ1) is 14.5. The van der Waals surface area contributed by atoms with Crippen molar-refractivity contribution in [2.24, 2.45) is 5.10 Å². The van der Waals surface area contributed by atoms with Crippen LogP contribution in [0.2, 0.25) is 10.0 Å². The molecule has 8 nitrogen and oxygen atoms in total. The molecule has 0 saturated carbocycles. The van der Waals surface area contributed by atoms with E-state index in [4.69, 9.17) is 37.4 Å². The third-order valence-electron chi connectivity index (χ3n) is 4.14. The number of hydrogen-bond acceptors (Lipinski definition) is 6. The van der Waals surface area contributed by atoms with Gasteiger partial charge >= 0.3 is 0 Å². The number of amides is 1. The predicted molar refractivity (Wildman–Crippen MR) is 115 cm³/mol. The van der Waals surface area contributed by atoms with Crippen LogP contribution >= 0.6 is 23.2 Å². The van der Waals surface area contributed by atoms with Gasteiger partial charge in [-0.05, 0) is 30.3 Å². The third kappa shape index (κ3) is 4.67. The van der Waals surface area contributed by atoms with Crippen molar-refractivity contribution in [3.8, 4) is 28.5 Å². The van der Waals surface area contributed by atoms with E-state index in [0.29, 0.717) is 44.1 Å². The van der Waals surface area contributed by atoms with Crippen LogP contribution in [0.1, 0.15) is 16.1 Å². The normalized spacial score (nSPS) is 10.8. The molecule has 1 heterocycles. The van der Waals surface area contributed by atoms with Gasteiger partial charge < -0.3 is 14.2 Å². The Hall–Kier alpha value is -3.23. The number of nitrogens with zero attached hydrogens (tertiary/aromatic N) is 2. The second-order valence-electron chi connectivity index (χ2n) is 5.94. The summed E-state index contributed by atoms with van der Waals surface area (Å²) < 4.78 is 15.8. The Morgan fingerprint density at radius 1 is 1.03 bits per heavy atom. The van der Waals surface area contributed by atoms with Gasteiger partial charge in [-0.25, -0.2) is 5.43 Å². The molecule has 2 N–H and O–H groups in total. The maximum Gasteiger partial charge on any atom is 0.289 e. The Bertz CT molecular complexity index is 1100. The molecule has 0 atom stereocenters. The summed E-state index contributed by atoms with van der Waals surface area (Å²) in [5.74, 6) is 1.05. The molecule has 0 radical (unpaired) electrons. The zero-order chi connectivity index (χ0) is 21.7. The summed E-state index contributed by atoms with van der Waals surface area (Å²) in [6, 6.07) is 9.94. The standard InChI is InChI=1S/C20H18Cl2N4O4/c1-28-17-9-19(30-3)18(29-2)6-11(17)10-23-26-20(27)16-8-15(24-25-16)13-5-4-12(21)7-14(13)22/h4-10H,1-3H3,(H,24,25)(H,26,27)/b23-10-. The Morgan fingerprint density at radius 3 is 2.40 bits per heavy atom. The highest BCUT2D eigenvalue weighted by Gasteiger charge is 2.14. The van der Waals surface area contributed by atoms with Crippen molar-refractivity contribution < 1.29 is 19.0 Å². The minimum atomic E-state index is -0.477. The van der Waals surface area contributed by atoms with Gasteiger partial charge in [-0.15, -0.1) is 0 Å². The fourth-order valence-corrected chi connectivity index (χ4v) is 3.15. The van der Waals surface area contributed by atoms with Gasteiger partial charge in [0.15, 0.2) is 11.5 Å². The van der Waals surface area contributed by atoms with Crippen molar-refractivity contribution in [1.82, 2.24) is 15.6 Å². The van der Waals surface area contributed by atoms with E-state index in [-0.39, 0.29) is 5.69 Å². The van der Waals surface area contributed by atoms with Crippen LogP contribution in [0.3, 0.4) is 0 Å².